The summed E-state index contributed by atoms with van der Waals surface area (Å²) < 4.78 is 0. The van der Waals surface area contributed by atoms with Crippen LogP contribution in [0.5, 0.6) is 0 Å². The van der Waals surface area contributed by atoms with Crippen LogP contribution < -0.4 is 5.32 Å². The van der Waals surface area contributed by atoms with Gasteiger partial charge in [-0.25, -0.2) is 0 Å². The number of aliphatic hydroxyl groups is 1. The first kappa shape index (κ1) is 15.7. The van der Waals surface area contributed by atoms with Gasteiger partial charge in [-0.15, -0.1) is 0 Å². The van der Waals surface area contributed by atoms with E-state index in [0.717, 1.165) is 17.7 Å². The summed E-state index contributed by atoms with van der Waals surface area (Å²) in [6.45, 7) is 10.4. The monoisotopic (exact) mass is 263 g/mol. The van der Waals surface area contributed by atoms with Gasteiger partial charge in [0.15, 0.2) is 0 Å². The van der Waals surface area contributed by atoms with E-state index in [2.05, 4.69) is 26.1 Å². The number of amides is 1. The van der Waals surface area contributed by atoms with E-state index >= 15 is 0 Å². The second kappa shape index (κ2) is 5.74. The summed E-state index contributed by atoms with van der Waals surface area (Å²) in [6, 6.07) is 7.26. The summed E-state index contributed by atoms with van der Waals surface area (Å²) in [6.07, 6.45) is 0.820. The van der Waals surface area contributed by atoms with Crippen molar-refractivity contribution in [3.8, 4) is 0 Å². The van der Waals surface area contributed by atoms with Gasteiger partial charge in [-0.05, 0) is 29.5 Å². The first-order chi connectivity index (χ1) is 8.64. The van der Waals surface area contributed by atoms with Crippen LogP contribution in [-0.2, 0) is 11.4 Å². The molecule has 0 atom stereocenters. The van der Waals surface area contributed by atoms with Crippen LogP contribution in [0.4, 0.5) is 5.69 Å². The molecule has 1 aromatic rings. The standard InChI is InChI=1S/C16H25NO2/c1-15(2,3)11-16(4,5)14(19)17-13-8-6-12(10-18)7-9-13/h6-9,18H,10-11H2,1-5H3,(H,17,19). The average Bonchev–Trinajstić information content (AvgIpc) is 2.26. The number of carbonyl (C=O) groups is 1. The van der Waals surface area contributed by atoms with Crippen molar-refractivity contribution in [2.24, 2.45) is 10.8 Å². The maximum atomic E-state index is 12.3. The fourth-order valence-corrected chi connectivity index (χ4v) is 2.40. The minimum atomic E-state index is -0.409. The Labute approximate surface area is 116 Å². The molecule has 1 rings (SSSR count). The lowest BCUT2D eigenvalue weighted by molar-refractivity contribution is -0.125. The Kier molecular flexibility index (Phi) is 4.75. The Morgan fingerprint density at radius 1 is 1.11 bits per heavy atom. The molecule has 0 aliphatic heterocycles. The highest BCUT2D eigenvalue weighted by Crippen LogP contribution is 2.34. The molecule has 0 bridgehead atoms. The molecule has 1 aromatic carbocycles. The molecule has 0 aromatic heterocycles. The van der Waals surface area contributed by atoms with Crippen LogP contribution in [0, 0.1) is 10.8 Å². The van der Waals surface area contributed by atoms with E-state index in [1.54, 1.807) is 0 Å². The molecule has 0 saturated carbocycles. The second-order valence-electron chi connectivity index (χ2n) is 6.93. The van der Waals surface area contributed by atoms with Crippen molar-refractivity contribution in [2.45, 2.75) is 47.6 Å². The molecule has 0 saturated heterocycles. The molecule has 0 spiro atoms. The predicted octanol–water partition coefficient (Wildman–Crippen LogP) is 3.58. The quantitative estimate of drug-likeness (QED) is 0.872. The normalized spacial score (nSPS) is 12.3. The average molecular weight is 263 g/mol. The lowest BCUT2D eigenvalue weighted by Crippen LogP contribution is -2.34. The number of aliphatic hydroxyl groups excluding tert-OH is 1. The van der Waals surface area contributed by atoms with Gasteiger partial charge < -0.3 is 10.4 Å². The molecule has 3 nitrogen and oxygen atoms in total. The first-order valence-corrected chi connectivity index (χ1v) is 6.65. The Balaban J connectivity index is 2.72. The summed E-state index contributed by atoms with van der Waals surface area (Å²) in [7, 11) is 0. The van der Waals surface area contributed by atoms with Crippen LogP contribution >= 0.6 is 0 Å². The fourth-order valence-electron chi connectivity index (χ4n) is 2.40. The number of rotatable bonds is 4. The third-order valence-electron chi connectivity index (χ3n) is 2.98. The summed E-state index contributed by atoms with van der Waals surface area (Å²) in [4.78, 5) is 12.3. The predicted molar refractivity (Wildman–Crippen MR) is 78.8 cm³/mol. The molecular formula is C16H25NO2. The molecule has 19 heavy (non-hydrogen) atoms. The van der Waals surface area contributed by atoms with Gasteiger partial charge in [-0.3, -0.25) is 4.79 Å². The van der Waals surface area contributed by atoms with Gasteiger partial charge in [0.1, 0.15) is 0 Å². The van der Waals surface area contributed by atoms with Crippen LogP contribution in [0.1, 0.15) is 46.6 Å². The van der Waals surface area contributed by atoms with Crippen molar-refractivity contribution in [3.63, 3.8) is 0 Å². The highest BCUT2D eigenvalue weighted by molar-refractivity contribution is 5.94. The molecule has 0 unspecified atom stereocenters. The third kappa shape index (κ3) is 5.03. The van der Waals surface area contributed by atoms with Crippen molar-refractivity contribution in [1.82, 2.24) is 0 Å². The summed E-state index contributed by atoms with van der Waals surface area (Å²) >= 11 is 0. The Bertz CT molecular complexity index is 427. The maximum Gasteiger partial charge on any atom is 0.230 e. The topological polar surface area (TPSA) is 49.3 Å². The van der Waals surface area contributed by atoms with E-state index in [-0.39, 0.29) is 17.9 Å². The molecular weight excluding hydrogens is 238 g/mol. The summed E-state index contributed by atoms with van der Waals surface area (Å²) in [5.74, 6) is 0.0270. The van der Waals surface area contributed by atoms with E-state index in [9.17, 15) is 4.79 Å². The number of hydrogen-bond acceptors (Lipinski definition) is 2. The molecule has 0 aliphatic carbocycles. The van der Waals surface area contributed by atoms with Crippen molar-refractivity contribution in [3.05, 3.63) is 29.8 Å². The smallest absolute Gasteiger partial charge is 0.230 e. The van der Waals surface area contributed by atoms with Crippen LogP contribution in [-0.4, -0.2) is 11.0 Å². The molecule has 0 radical (unpaired) electrons. The molecule has 1 amide bonds. The zero-order valence-electron chi connectivity index (χ0n) is 12.6. The SMILES string of the molecule is CC(C)(C)CC(C)(C)C(=O)Nc1ccc(CO)cc1. The van der Waals surface area contributed by atoms with E-state index in [0.29, 0.717) is 0 Å². The van der Waals surface area contributed by atoms with Gasteiger partial charge in [0.2, 0.25) is 5.91 Å². The van der Waals surface area contributed by atoms with Gasteiger partial charge >= 0.3 is 0 Å². The Morgan fingerprint density at radius 3 is 2.05 bits per heavy atom. The number of carbonyl (C=O) groups excluding carboxylic acids is 1. The van der Waals surface area contributed by atoms with E-state index in [1.165, 1.54) is 0 Å². The lowest BCUT2D eigenvalue weighted by Gasteiger charge is -2.31. The Hall–Kier alpha value is -1.35. The van der Waals surface area contributed by atoms with Crippen LogP contribution in [0.2, 0.25) is 0 Å². The minimum absolute atomic E-state index is 0.0176. The molecule has 0 heterocycles. The Morgan fingerprint density at radius 2 is 1.63 bits per heavy atom. The lowest BCUT2D eigenvalue weighted by atomic mass is 9.75. The largest absolute Gasteiger partial charge is 0.392 e. The van der Waals surface area contributed by atoms with E-state index in [4.69, 9.17) is 5.11 Å². The fraction of sp³-hybridized carbons (Fsp3) is 0.562. The highest BCUT2D eigenvalue weighted by atomic mass is 16.3. The number of anilines is 1. The number of benzene rings is 1. The van der Waals surface area contributed by atoms with Crippen molar-refractivity contribution in [2.75, 3.05) is 5.32 Å². The van der Waals surface area contributed by atoms with Crippen molar-refractivity contribution < 1.29 is 9.90 Å². The van der Waals surface area contributed by atoms with E-state index in [1.807, 2.05) is 38.1 Å². The zero-order chi connectivity index (χ0) is 14.7. The third-order valence-corrected chi connectivity index (χ3v) is 2.98. The van der Waals surface area contributed by atoms with Crippen LogP contribution in [0.25, 0.3) is 0 Å². The van der Waals surface area contributed by atoms with Gasteiger partial charge in [0.05, 0.1) is 6.61 Å². The summed E-state index contributed by atoms with van der Waals surface area (Å²) in [5, 5.41) is 11.9. The second-order valence-corrected chi connectivity index (χ2v) is 6.93. The number of hydrogen-bond donors (Lipinski definition) is 2. The minimum Gasteiger partial charge on any atom is -0.392 e. The zero-order valence-corrected chi connectivity index (χ0v) is 12.6. The molecule has 0 aliphatic rings. The molecule has 3 heteroatoms. The van der Waals surface area contributed by atoms with Crippen molar-refractivity contribution in [1.29, 1.82) is 0 Å². The highest BCUT2D eigenvalue weighted by Gasteiger charge is 2.32. The molecule has 106 valence electrons. The first-order valence-electron chi connectivity index (χ1n) is 6.65. The number of nitrogens with one attached hydrogen (secondary N) is 1. The molecule has 0 fully saturated rings. The maximum absolute atomic E-state index is 12.3. The van der Waals surface area contributed by atoms with Crippen LogP contribution in [0.15, 0.2) is 24.3 Å². The van der Waals surface area contributed by atoms with E-state index < -0.39 is 5.41 Å². The van der Waals surface area contributed by atoms with Crippen molar-refractivity contribution >= 4 is 11.6 Å². The summed E-state index contributed by atoms with van der Waals surface area (Å²) in [5.41, 5.74) is 1.31. The van der Waals surface area contributed by atoms with Gasteiger partial charge in [-0.2, -0.15) is 0 Å². The van der Waals surface area contributed by atoms with Crippen LogP contribution in [0.3, 0.4) is 0 Å². The van der Waals surface area contributed by atoms with Gasteiger partial charge in [-0.1, -0.05) is 46.8 Å². The molecule has 2 N–H and O–H groups in total. The van der Waals surface area contributed by atoms with Gasteiger partial charge in [0.25, 0.3) is 0 Å². The van der Waals surface area contributed by atoms with Gasteiger partial charge in [0, 0.05) is 11.1 Å².